The van der Waals surface area contributed by atoms with Gasteiger partial charge in [-0.25, -0.2) is 4.99 Å². The predicted octanol–water partition coefficient (Wildman–Crippen LogP) is 4.23. The molecular formula is C18H18N2O. The van der Waals surface area contributed by atoms with Crippen LogP contribution in [-0.4, -0.2) is 18.5 Å². The highest BCUT2D eigenvalue weighted by molar-refractivity contribution is 6.32. The number of rotatable bonds is 3. The van der Waals surface area contributed by atoms with Crippen molar-refractivity contribution in [2.24, 2.45) is 4.99 Å². The summed E-state index contributed by atoms with van der Waals surface area (Å²) in [6.07, 6.45) is 0.857. The zero-order chi connectivity index (χ0) is 14.8. The fourth-order valence-corrected chi connectivity index (χ4v) is 2.68. The normalized spacial score (nSPS) is 13.9. The summed E-state index contributed by atoms with van der Waals surface area (Å²) in [5.41, 5.74) is 4.81. The first-order valence-corrected chi connectivity index (χ1v) is 7.19. The molecule has 0 unspecified atom stereocenters. The number of hydrogen-bond donors (Lipinski definition) is 0. The third kappa shape index (κ3) is 2.47. The predicted molar refractivity (Wildman–Crippen MR) is 87.1 cm³/mol. The zero-order valence-corrected chi connectivity index (χ0v) is 12.3. The fourth-order valence-electron chi connectivity index (χ4n) is 2.68. The molecule has 0 bridgehead atoms. The maximum Gasteiger partial charge on any atom is 0.166 e. The number of anilines is 2. The minimum Gasteiger partial charge on any atom is -0.334 e. The molecule has 0 atom stereocenters. The van der Waals surface area contributed by atoms with Crippen LogP contribution in [0.5, 0.6) is 0 Å². The fraction of sp³-hybridized carbons (Fsp3) is 0.222. The summed E-state index contributed by atoms with van der Waals surface area (Å²) in [6.45, 7) is 4.81. The second-order valence-corrected chi connectivity index (χ2v) is 5.51. The van der Waals surface area contributed by atoms with Gasteiger partial charge < -0.3 is 4.90 Å². The third-order valence-electron chi connectivity index (χ3n) is 3.74. The highest BCUT2D eigenvalue weighted by atomic mass is 16.1. The summed E-state index contributed by atoms with van der Waals surface area (Å²) in [4.78, 5) is 18.0. The summed E-state index contributed by atoms with van der Waals surface area (Å²) >= 11 is 0. The number of carbonyl (C=O) groups excluding carboxylic acids is 1. The van der Waals surface area contributed by atoms with Crippen molar-refractivity contribution in [1.29, 1.82) is 0 Å². The Bertz CT molecular complexity index is 690. The first-order valence-electron chi connectivity index (χ1n) is 7.19. The molecule has 3 nitrogen and oxygen atoms in total. The monoisotopic (exact) mass is 278 g/mol. The quantitative estimate of drug-likeness (QED) is 0.787. The van der Waals surface area contributed by atoms with E-state index in [1.54, 1.807) is 0 Å². The summed E-state index contributed by atoms with van der Waals surface area (Å²) in [7, 11) is 0. The second kappa shape index (κ2) is 5.52. The lowest BCUT2D eigenvalue weighted by atomic mass is 9.98. The number of para-hydroxylation sites is 2. The Hall–Kier alpha value is -2.42. The van der Waals surface area contributed by atoms with Crippen LogP contribution in [0.4, 0.5) is 17.1 Å². The van der Waals surface area contributed by atoms with Crippen molar-refractivity contribution >= 4 is 29.1 Å². The van der Waals surface area contributed by atoms with Crippen LogP contribution in [0.2, 0.25) is 0 Å². The van der Waals surface area contributed by atoms with Crippen LogP contribution in [0.25, 0.3) is 0 Å². The van der Waals surface area contributed by atoms with Gasteiger partial charge in [0.25, 0.3) is 0 Å². The molecule has 2 aromatic rings. The van der Waals surface area contributed by atoms with E-state index in [0.29, 0.717) is 18.2 Å². The van der Waals surface area contributed by atoms with Crippen LogP contribution in [0.1, 0.15) is 25.3 Å². The largest absolute Gasteiger partial charge is 0.334 e. The molecule has 3 rings (SSSR count). The van der Waals surface area contributed by atoms with E-state index >= 15 is 0 Å². The molecule has 0 saturated heterocycles. The molecule has 0 radical (unpaired) electrons. The minimum atomic E-state index is 0.368. The maximum absolute atomic E-state index is 11.3. The third-order valence-corrected chi connectivity index (χ3v) is 3.74. The zero-order valence-electron chi connectivity index (χ0n) is 12.3. The molecule has 21 heavy (non-hydrogen) atoms. The lowest BCUT2D eigenvalue weighted by Crippen LogP contribution is -2.29. The highest BCUT2D eigenvalue weighted by Gasteiger charge is 2.23. The van der Waals surface area contributed by atoms with Crippen molar-refractivity contribution in [1.82, 2.24) is 0 Å². The van der Waals surface area contributed by atoms with Gasteiger partial charge in [0.2, 0.25) is 0 Å². The number of aliphatic imine (C=N–C) groups is 1. The Morgan fingerprint density at radius 3 is 2.52 bits per heavy atom. The van der Waals surface area contributed by atoms with Gasteiger partial charge in [0.05, 0.1) is 17.9 Å². The Morgan fingerprint density at radius 2 is 1.86 bits per heavy atom. The van der Waals surface area contributed by atoms with E-state index in [1.807, 2.05) is 18.2 Å². The van der Waals surface area contributed by atoms with Crippen molar-refractivity contribution in [2.75, 3.05) is 11.4 Å². The van der Waals surface area contributed by atoms with Crippen molar-refractivity contribution in [3.8, 4) is 0 Å². The van der Waals surface area contributed by atoms with Crippen molar-refractivity contribution in [3.05, 3.63) is 54.1 Å². The van der Waals surface area contributed by atoms with Crippen molar-refractivity contribution in [3.63, 3.8) is 0 Å². The molecule has 0 spiro atoms. The van der Waals surface area contributed by atoms with E-state index < -0.39 is 0 Å². The SMILES string of the molecule is CC(C)c1cccc2c1N=C(C=O)CN2c1ccccc1. The smallest absolute Gasteiger partial charge is 0.166 e. The molecule has 0 aliphatic carbocycles. The molecule has 2 aromatic carbocycles. The van der Waals surface area contributed by atoms with Gasteiger partial charge in [0, 0.05) is 5.69 Å². The molecule has 1 aliphatic rings. The first kappa shape index (κ1) is 13.6. The van der Waals surface area contributed by atoms with Crippen LogP contribution in [-0.2, 0) is 4.79 Å². The summed E-state index contributed by atoms with van der Waals surface area (Å²) in [6, 6.07) is 16.3. The summed E-state index contributed by atoms with van der Waals surface area (Å²) in [5, 5.41) is 0. The lowest BCUT2D eigenvalue weighted by Gasteiger charge is -2.30. The highest BCUT2D eigenvalue weighted by Crippen LogP contribution is 2.41. The Morgan fingerprint density at radius 1 is 1.10 bits per heavy atom. The molecular weight excluding hydrogens is 260 g/mol. The van der Waals surface area contributed by atoms with Gasteiger partial charge in [-0.1, -0.05) is 44.2 Å². The maximum atomic E-state index is 11.3. The van der Waals surface area contributed by atoms with Crippen LogP contribution >= 0.6 is 0 Å². The summed E-state index contributed by atoms with van der Waals surface area (Å²) in [5.74, 6) is 0.368. The van der Waals surface area contributed by atoms with Gasteiger partial charge in [0.1, 0.15) is 5.71 Å². The van der Waals surface area contributed by atoms with Gasteiger partial charge in [-0.05, 0) is 29.7 Å². The Kier molecular flexibility index (Phi) is 3.57. The van der Waals surface area contributed by atoms with E-state index in [1.165, 1.54) is 5.56 Å². The number of aldehydes is 1. The molecule has 0 aromatic heterocycles. The van der Waals surface area contributed by atoms with Crippen LogP contribution in [0.3, 0.4) is 0 Å². The molecule has 3 heteroatoms. The van der Waals surface area contributed by atoms with Gasteiger partial charge >= 0.3 is 0 Å². The summed E-state index contributed by atoms with van der Waals surface area (Å²) < 4.78 is 0. The molecule has 0 fully saturated rings. The molecule has 0 N–H and O–H groups in total. The number of benzene rings is 2. The number of carbonyl (C=O) groups is 1. The van der Waals surface area contributed by atoms with Crippen LogP contribution < -0.4 is 4.90 Å². The van der Waals surface area contributed by atoms with E-state index in [-0.39, 0.29) is 0 Å². The molecule has 1 heterocycles. The second-order valence-electron chi connectivity index (χ2n) is 5.51. The average Bonchev–Trinajstić information content (AvgIpc) is 2.53. The van der Waals surface area contributed by atoms with Gasteiger partial charge in [-0.2, -0.15) is 0 Å². The number of nitrogens with zero attached hydrogens (tertiary/aromatic N) is 2. The van der Waals surface area contributed by atoms with Gasteiger partial charge in [0.15, 0.2) is 6.29 Å². The van der Waals surface area contributed by atoms with E-state index in [9.17, 15) is 4.79 Å². The van der Waals surface area contributed by atoms with Gasteiger partial charge in [-0.15, -0.1) is 0 Å². The average molecular weight is 278 g/mol. The van der Waals surface area contributed by atoms with Crippen molar-refractivity contribution in [2.45, 2.75) is 19.8 Å². The minimum absolute atomic E-state index is 0.368. The Balaban J connectivity index is 2.18. The van der Waals surface area contributed by atoms with E-state index in [2.05, 4.69) is 54.1 Å². The van der Waals surface area contributed by atoms with E-state index in [4.69, 9.17) is 0 Å². The number of hydrogen-bond acceptors (Lipinski definition) is 3. The first-order chi connectivity index (χ1) is 10.2. The molecule has 106 valence electrons. The van der Waals surface area contributed by atoms with Gasteiger partial charge in [-0.3, -0.25) is 4.79 Å². The number of fused-ring (bicyclic) bond motifs is 1. The van der Waals surface area contributed by atoms with E-state index in [0.717, 1.165) is 23.3 Å². The molecule has 1 aliphatic heterocycles. The molecule has 0 amide bonds. The van der Waals surface area contributed by atoms with Crippen molar-refractivity contribution < 1.29 is 4.79 Å². The van der Waals surface area contributed by atoms with Crippen LogP contribution in [0.15, 0.2) is 53.5 Å². The van der Waals surface area contributed by atoms with Crippen LogP contribution in [0, 0.1) is 0 Å². The lowest BCUT2D eigenvalue weighted by molar-refractivity contribution is -0.102. The standard InChI is InChI=1S/C18H18N2O/c1-13(2)16-9-6-10-17-18(16)19-14(12-21)11-20(17)15-7-4-3-5-8-15/h3-10,12-13H,11H2,1-2H3. The molecule has 0 saturated carbocycles. The Labute approximate surface area is 124 Å². The topological polar surface area (TPSA) is 32.7 Å².